The minimum Gasteiger partial charge on any atom is -0.326 e. The Kier molecular flexibility index (Phi) is 4.45. The summed E-state index contributed by atoms with van der Waals surface area (Å²) in [5.41, 5.74) is 2.22. The Morgan fingerprint density at radius 1 is 0.905 bits per heavy atom. The van der Waals surface area contributed by atoms with Gasteiger partial charge in [0.25, 0.3) is 0 Å². The molecular formula is C19H19NO. The number of amides is 1. The molecule has 0 aliphatic rings. The highest BCUT2D eigenvalue weighted by molar-refractivity contribution is 5.94. The molecule has 2 rings (SSSR count). The van der Waals surface area contributed by atoms with Gasteiger partial charge >= 0.3 is 0 Å². The van der Waals surface area contributed by atoms with Crippen LogP contribution in [-0.4, -0.2) is 5.91 Å². The minimum atomic E-state index is -0.411. The van der Waals surface area contributed by atoms with E-state index < -0.39 is 5.41 Å². The first kappa shape index (κ1) is 14.9. The van der Waals surface area contributed by atoms with Crippen LogP contribution in [0.5, 0.6) is 0 Å². The van der Waals surface area contributed by atoms with Crippen molar-refractivity contribution in [2.75, 3.05) is 5.32 Å². The van der Waals surface area contributed by atoms with Gasteiger partial charge in [0.1, 0.15) is 0 Å². The molecule has 0 aliphatic heterocycles. The molecule has 1 amide bonds. The molecule has 0 spiro atoms. The predicted octanol–water partition coefficient (Wildman–Crippen LogP) is 4.07. The fraction of sp³-hybridized carbons (Fsp3) is 0.211. The van der Waals surface area contributed by atoms with E-state index in [1.54, 1.807) is 0 Å². The summed E-state index contributed by atoms with van der Waals surface area (Å²) in [6.07, 6.45) is 0. The molecule has 0 aliphatic carbocycles. The van der Waals surface area contributed by atoms with E-state index >= 15 is 0 Å². The number of carbonyl (C=O) groups is 1. The SMILES string of the molecule is CC(C)(C)C(=O)Nc1cccc(C#Cc2ccccc2)c1. The standard InChI is InChI=1S/C19H19NO/c1-19(2,3)18(21)20-17-11-7-10-16(14-17)13-12-15-8-5-4-6-9-15/h4-11,14H,1-3H3,(H,20,21). The third-order valence-electron chi connectivity index (χ3n) is 2.93. The van der Waals surface area contributed by atoms with Crippen LogP contribution in [0.1, 0.15) is 31.9 Å². The van der Waals surface area contributed by atoms with E-state index in [0.29, 0.717) is 0 Å². The summed E-state index contributed by atoms with van der Waals surface area (Å²) < 4.78 is 0. The van der Waals surface area contributed by atoms with Gasteiger partial charge in [-0.1, -0.05) is 56.9 Å². The zero-order chi connectivity index (χ0) is 15.3. The van der Waals surface area contributed by atoms with Crippen molar-refractivity contribution in [1.29, 1.82) is 0 Å². The van der Waals surface area contributed by atoms with Gasteiger partial charge in [0.2, 0.25) is 5.91 Å². The Bertz CT molecular complexity index is 685. The van der Waals surface area contributed by atoms with Crippen LogP contribution < -0.4 is 5.32 Å². The molecule has 0 bridgehead atoms. The zero-order valence-corrected chi connectivity index (χ0v) is 12.6. The van der Waals surface area contributed by atoms with Gasteiger partial charge in [-0.25, -0.2) is 0 Å². The molecule has 0 unspecified atom stereocenters. The van der Waals surface area contributed by atoms with E-state index in [1.807, 2.05) is 75.4 Å². The maximum Gasteiger partial charge on any atom is 0.229 e. The summed E-state index contributed by atoms with van der Waals surface area (Å²) in [6, 6.07) is 17.4. The van der Waals surface area contributed by atoms with Gasteiger partial charge in [0.05, 0.1) is 0 Å². The van der Waals surface area contributed by atoms with Gasteiger partial charge in [-0.2, -0.15) is 0 Å². The first-order valence-electron chi connectivity index (χ1n) is 6.94. The molecule has 2 nitrogen and oxygen atoms in total. The van der Waals surface area contributed by atoms with Gasteiger partial charge in [-0.05, 0) is 30.3 Å². The molecule has 1 N–H and O–H groups in total. The van der Waals surface area contributed by atoms with E-state index in [1.165, 1.54) is 0 Å². The van der Waals surface area contributed by atoms with Gasteiger partial charge in [0, 0.05) is 22.2 Å². The van der Waals surface area contributed by atoms with E-state index in [2.05, 4.69) is 17.2 Å². The lowest BCUT2D eigenvalue weighted by molar-refractivity contribution is -0.123. The van der Waals surface area contributed by atoms with Crippen LogP contribution in [0, 0.1) is 17.3 Å². The van der Waals surface area contributed by atoms with Crippen molar-refractivity contribution >= 4 is 11.6 Å². The molecule has 0 saturated heterocycles. The van der Waals surface area contributed by atoms with Crippen molar-refractivity contribution in [1.82, 2.24) is 0 Å². The summed E-state index contributed by atoms with van der Waals surface area (Å²) >= 11 is 0. The first-order chi connectivity index (χ1) is 9.95. The smallest absolute Gasteiger partial charge is 0.229 e. The number of nitrogens with one attached hydrogen (secondary N) is 1. The van der Waals surface area contributed by atoms with Crippen molar-refractivity contribution in [3.8, 4) is 11.8 Å². The Balaban J connectivity index is 2.16. The molecule has 0 aromatic heterocycles. The lowest BCUT2D eigenvalue weighted by Crippen LogP contribution is -2.27. The molecule has 106 valence electrons. The van der Waals surface area contributed by atoms with Crippen LogP contribution in [0.15, 0.2) is 54.6 Å². The Morgan fingerprint density at radius 2 is 1.52 bits per heavy atom. The van der Waals surface area contributed by atoms with Crippen molar-refractivity contribution in [2.45, 2.75) is 20.8 Å². The van der Waals surface area contributed by atoms with Gasteiger partial charge in [0.15, 0.2) is 0 Å². The lowest BCUT2D eigenvalue weighted by atomic mass is 9.95. The van der Waals surface area contributed by atoms with E-state index in [0.717, 1.165) is 16.8 Å². The number of anilines is 1. The van der Waals surface area contributed by atoms with E-state index in [9.17, 15) is 4.79 Å². The summed E-state index contributed by atoms with van der Waals surface area (Å²) in [7, 11) is 0. The van der Waals surface area contributed by atoms with Crippen molar-refractivity contribution in [3.63, 3.8) is 0 Å². The third kappa shape index (κ3) is 4.50. The van der Waals surface area contributed by atoms with Gasteiger partial charge in [-0.3, -0.25) is 4.79 Å². The van der Waals surface area contributed by atoms with Crippen molar-refractivity contribution in [3.05, 3.63) is 65.7 Å². The summed E-state index contributed by atoms with van der Waals surface area (Å²) in [4.78, 5) is 12.0. The fourth-order valence-corrected chi connectivity index (χ4v) is 1.66. The minimum absolute atomic E-state index is 0.00401. The largest absolute Gasteiger partial charge is 0.326 e. The number of benzene rings is 2. The molecule has 0 saturated carbocycles. The van der Waals surface area contributed by atoms with Gasteiger partial charge < -0.3 is 5.32 Å². The van der Waals surface area contributed by atoms with Crippen LogP contribution in [0.2, 0.25) is 0 Å². The zero-order valence-electron chi connectivity index (χ0n) is 12.6. The first-order valence-corrected chi connectivity index (χ1v) is 6.94. The average molecular weight is 277 g/mol. The highest BCUT2D eigenvalue weighted by Gasteiger charge is 2.20. The quantitative estimate of drug-likeness (QED) is 0.782. The Hall–Kier alpha value is -2.53. The van der Waals surface area contributed by atoms with Crippen LogP contribution in [0.25, 0.3) is 0 Å². The summed E-state index contributed by atoms with van der Waals surface area (Å²) in [6.45, 7) is 5.67. The second-order valence-corrected chi connectivity index (χ2v) is 5.90. The monoisotopic (exact) mass is 277 g/mol. The van der Waals surface area contributed by atoms with E-state index in [-0.39, 0.29) is 5.91 Å². The number of carbonyl (C=O) groups excluding carboxylic acids is 1. The average Bonchev–Trinajstić information content (AvgIpc) is 2.46. The maximum atomic E-state index is 12.0. The van der Waals surface area contributed by atoms with Crippen LogP contribution in [0.3, 0.4) is 0 Å². The van der Waals surface area contributed by atoms with Crippen LogP contribution in [0.4, 0.5) is 5.69 Å². The number of hydrogen-bond donors (Lipinski definition) is 1. The molecule has 2 aromatic rings. The van der Waals surface area contributed by atoms with Crippen LogP contribution >= 0.6 is 0 Å². The molecule has 2 heteroatoms. The molecule has 21 heavy (non-hydrogen) atoms. The summed E-state index contributed by atoms with van der Waals surface area (Å²) in [5, 5.41) is 2.91. The molecule has 2 aromatic carbocycles. The molecule has 0 radical (unpaired) electrons. The van der Waals surface area contributed by atoms with Crippen molar-refractivity contribution in [2.24, 2.45) is 5.41 Å². The highest BCUT2D eigenvalue weighted by Crippen LogP contribution is 2.18. The van der Waals surface area contributed by atoms with Crippen LogP contribution in [-0.2, 0) is 4.79 Å². The van der Waals surface area contributed by atoms with Crippen molar-refractivity contribution < 1.29 is 4.79 Å². The lowest BCUT2D eigenvalue weighted by Gasteiger charge is -2.17. The second kappa shape index (κ2) is 6.28. The molecule has 0 heterocycles. The normalized spacial score (nSPS) is 10.4. The highest BCUT2D eigenvalue weighted by atomic mass is 16.2. The molecule has 0 fully saturated rings. The second-order valence-electron chi connectivity index (χ2n) is 5.90. The Labute approximate surface area is 126 Å². The fourth-order valence-electron chi connectivity index (χ4n) is 1.66. The van der Waals surface area contributed by atoms with E-state index in [4.69, 9.17) is 0 Å². The summed E-state index contributed by atoms with van der Waals surface area (Å²) in [5.74, 6) is 6.22. The molecule has 0 atom stereocenters. The predicted molar refractivity (Wildman–Crippen MR) is 86.9 cm³/mol. The Morgan fingerprint density at radius 3 is 2.19 bits per heavy atom. The third-order valence-corrected chi connectivity index (χ3v) is 2.93. The van der Waals surface area contributed by atoms with Gasteiger partial charge in [-0.15, -0.1) is 0 Å². The number of hydrogen-bond acceptors (Lipinski definition) is 1. The number of rotatable bonds is 1. The topological polar surface area (TPSA) is 29.1 Å². The molecular weight excluding hydrogens is 258 g/mol. The maximum absolute atomic E-state index is 12.0.